The summed E-state index contributed by atoms with van der Waals surface area (Å²) in [5.74, 6) is 2.09. The number of thiazole rings is 1. The lowest BCUT2D eigenvalue weighted by atomic mass is 9.84. The predicted octanol–water partition coefficient (Wildman–Crippen LogP) is 6.94. The first-order valence-corrected chi connectivity index (χ1v) is 11.5. The van der Waals surface area contributed by atoms with E-state index in [-0.39, 0.29) is 0 Å². The molecule has 0 bridgehead atoms. The minimum atomic E-state index is 0.502. The Bertz CT molecular complexity index is 1100. The summed E-state index contributed by atoms with van der Waals surface area (Å²) in [5, 5.41) is 12.5. The van der Waals surface area contributed by atoms with Gasteiger partial charge in [-0.05, 0) is 48.6 Å². The number of hydrogen-bond acceptors (Lipinski definition) is 5. The Hall–Kier alpha value is -3.10. The van der Waals surface area contributed by atoms with Crippen molar-refractivity contribution in [2.45, 2.75) is 38.0 Å². The summed E-state index contributed by atoms with van der Waals surface area (Å²) in [6.07, 6.45) is 8.43. The summed E-state index contributed by atoms with van der Waals surface area (Å²) < 4.78 is 10.7. The number of nitrogens with zero attached hydrogens (tertiary/aromatic N) is 2. The summed E-state index contributed by atoms with van der Waals surface area (Å²) in [6, 6.07) is 16.6. The van der Waals surface area contributed by atoms with Crippen LogP contribution in [-0.4, -0.2) is 19.2 Å². The van der Waals surface area contributed by atoms with E-state index < -0.39 is 0 Å². The fourth-order valence-corrected chi connectivity index (χ4v) is 4.94. The monoisotopic (exact) mass is 430 g/mol. The number of ether oxygens (including phenoxy) is 2. The molecule has 2 aromatic carbocycles. The van der Waals surface area contributed by atoms with Crippen LogP contribution in [0.2, 0.25) is 0 Å². The standard InChI is InChI=1S/C26H26N2O2S/c1-29-23-12-13-25(30-2)21(15-23)14-22(16-27)26-28-24(17-31-26)20-10-8-19(9-11-20)18-6-4-3-5-7-18/h8-15,17-18H,3-7H2,1-2H3. The third-order valence-electron chi connectivity index (χ3n) is 5.87. The van der Waals surface area contributed by atoms with Gasteiger partial charge >= 0.3 is 0 Å². The Kier molecular flexibility index (Phi) is 6.69. The number of nitriles is 1. The van der Waals surface area contributed by atoms with E-state index >= 15 is 0 Å². The lowest BCUT2D eigenvalue weighted by Crippen LogP contribution is -2.04. The summed E-state index contributed by atoms with van der Waals surface area (Å²) in [4.78, 5) is 4.74. The van der Waals surface area contributed by atoms with Gasteiger partial charge in [-0.1, -0.05) is 43.5 Å². The minimum Gasteiger partial charge on any atom is -0.497 e. The number of rotatable bonds is 6. The average Bonchev–Trinajstić information content (AvgIpc) is 3.33. The number of hydrogen-bond donors (Lipinski definition) is 0. The van der Waals surface area contributed by atoms with Gasteiger partial charge in [0.2, 0.25) is 0 Å². The third-order valence-corrected chi connectivity index (χ3v) is 6.75. The van der Waals surface area contributed by atoms with E-state index in [1.165, 1.54) is 49.0 Å². The molecule has 158 valence electrons. The van der Waals surface area contributed by atoms with E-state index in [9.17, 15) is 5.26 Å². The molecule has 0 amide bonds. The molecule has 0 radical (unpaired) electrons. The molecule has 4 nitrogen and oxygen atoms in total. The second kappa shape index (κ2) is 9.80. The van der Waals surface area contributed by atoms with Crippen LogP contribution in [0.15, 0.2) is 47.8 Å². The van der Waals surface area contributed by atoms with Crippen LogP contribution in [0.1, 0.15) is 54.2 Å². The maximum Gasteiger partial charge on any atom is 0.134 e. The molecule has 3 aromatic rings. The van der Waals surface area contributed by atoms with Crippen LogP contribution < -0.4 is 9.47 Å². The van der Waals surface area contributed by atoms with Crippen molar-refractivity contribution in [2.24, 2.45) is 0 Å². The molecule has 1 saturated carbocycles. The molecule has 4 rings (SSSR count). The molecule has 1 heterocycles. The first-order valence-electron chi connectivity index (χ1n) is 10.6. The van der Waals surface area contributed by atoms with Gasteiger partial charge in [0.15, 0.2) is 0 Å². The fraction of sp³-hybridized carbons (Fsp3) is 0.308. The molecule has 1 aliphatic rings. The number of methoxy groups -OCH3 is 2. The van der Waals surface area contributed by atoms with Crippen molar-refractivity contribution in [3.05, 3.63) is 64.0 Å². The zero-order valence-electron chi connectivity index (χ0n) is 17.9. The Labute approximate surface area is 187 Å². The molecular weight excluding hydrogens is 404 g/mol. The van der Waals surface area contributed by atoms with Crippen molar-refractivity contribution in [3.8, 4) is 28.8 Å². The van der Waals surface area contributed by atoms with Gasteiger partial charge in [0.05, 0.1) is 25.5 Å². The highest BCUT2D eigenvalue weighted by Crippen LogP contribution is 2.34. The van der Waals surface area contributed by atoms with Gasteiger partial charge in [0, 0.05) is 16.5 Å². The number of aromatic nitrogens is 1. The van der Waals surface area contributed by atoms with Crippen LogP contribution in [0.3, 0.4) is 0 Å². The van der Waals surface area contributed by atoms with Gasteiger partial charge in [-0.3, -0.25) is 0 Å². The predicted molar refractivity (Wildman–Crippen MR) is 126 cm³/mol. The molecule has 1 aliphatic carbocycles. The van der Waals surface area contributed by atoms with Crippen LogP contribution in [0, 0.1) is 11.3 Å². The van der Waals surface area contributed by atoms with E-state index in [4.69, 9.17) is 14.5 Å². The molecule has 0 spiro atoms. The van der Waals surface area contributed by atoms with E-state index in [0.717, 1.165) is 16.8 Å². The summed E-state index contributed by atoms with van der Waals surface area (Å²) in [7, 11) is 3.23. The summed E-state index contributed by atoms with van der Waals surface area (Å²) in [6.45, 7) is 0. The highest BCUT2D eigenvalue weighted by atomic mass is 32.1. The topological polar surface area (TPSA) is 55.1 Å². The van der Waals surface area contributed by atoms with Crippen molar-refractivity contribution < 1.29 is 9.47 Å². The summed E-state index contributed by atoms with van der Waals surface area (Å²) in [5.41, 5.74) is 4.70. The minimum absolute atomic E-state index is 0.502. The second-order valence-electron chi connectivity index (χ2n) is 7.77. The molecule has 1 aromatic heterocycles. The van der Waals surface area contributed by atoms with Crippen molar-refractivity contribution >= 4 is 23.0 Å². The maximum absolute atomic E-state index is 9.77. The van der Waals surface area contributed by atoms with Crippen LogP contribution in [0.4, 0.5) is 0 Å². The van der Waals surface area contributed by atoms with Crippen LogP contribution in [0.5, 0.6) is 11.5 Å². The zero-order chi connectivity index (χ0) is 21.6. The zero-order valence-corrected chi connectivity index (χ0v) is 18.7. The molecule has 0 unspecified atom stereocenters. The van der Waals surface area contributed by atoms with E-state index in [0.29, 0.717) is 28.0 Å². The maximum atomic E-state index is 9.77. The fourth-order valence-electron chi connectivity index (χ4n) is 4.14. The van der Waals surface area contributed by atoms with E-state index in [1.807, 2.05) is 23.6 Å². The lowest BCUT2D eigenvalue weighted by molar-refractivity contribution is 0.402. The van der Waals surface area contributed by atoms with Crippen LogP contribution in [0.25, 0.3) is 22.9 Å². The molecule has 0 N–H and O–H groups in total. The normalized spacial score (nSPS) is 14.8. The molecule has 5 heteroatoms. The third kappa shape index (κ3) is 4.81. The van der Waals surface area contributed by atoms with E-state index in [2.05, 4.69) is 30.3 Å². The van der Waals surface area contributed by atoms with Crippen molar-refractivity contribution in [1.82, 2.24) is 4.98 Å². The largest absolute Gasteiger partial charge is 0.497 e. The Morgan fingerprint density at radius 3 is 2.52 bits per heavy atom. The SMILES string of the molecule is COc1ccc(OC)c(C=C(C#N)c2nc(-c3ccc(C4CCCCC4)cc3)cs2)c1. The first-order chi connectivity index (χ1) is 15.2. The highest BCUT2D eigenvalue weighted by Gasteiger charge is 2.16. The van der Waals surface area contributed by atoms with Crippen molar-refractivity contribution in [2.75, 3.05) is 14.2 Å². The van der Waals surface area contributed by atoms with Gasteiger partial charge in [-0.15, -0.1) is 11.3 Å². The Morgan fingerprint density at radius 1 is 1.06 bits per heavy atom. The second-order valence-corrected chi connectivity index (χ2v) is 8.63. The average molecular weight is 431 g/mol. The molecule has 31 heavy (non-hydrogen) atoms. The molecule has 0 atom stereocenters. The lowest BCUT2D eigenvalue weighted by Gasteiger charge is -2.22. The van der Waals surface area contributed by atoms with Crippen LogP contribution >= 0.6 is 11.3 Å². The van der Waals surface area contributed by atoms with Crippen LogP contribution in [-0.2, 0) is 0 Å². The van der Waals surface area contributed by atoms with Gasteiger partial charge < -0.3 is 9.47 Å². The molecule has 0 aliphatic heterocycles. The van der Waals surface area contributed by atoms with Gasteiger partial charge in [-0.2, -0.15) is 5.26 Å². The number of benzene rings is 2. The quantitative estimate of drug-likeness (QED) is 0.398. The molecule has 0 saturated heterocycles. The highest BCUT2D eigenvalue weighted by molar-refractivity contribution is 7.11. The Morgan fingerprint density at radius 2 is 1.84 bits per heavy atom. The summed E-state index contributed by atoms with van der Waals surface area (Å²) >= 11 is 1.48. The van der Waals surface area contributed by atoms with Crippen molar-refractivity contribution in [1.29, 1.82) is 5.26 Å². The van der Waals surface area contributed by atoms with Crippen molar-refractivity contribution in [3.63, 3.8) is 0 Å². The van der Waals surface area contributed by atoms with Gasteiger partial charge in [0.25, 0.3) is 0 Å². The molecular formula is C26H26N2O2S. The van der Waals surface area contributed by atoms with E-state index in [1.54, 1.807) is 20.3 Å². The Balaban J connectivity index is 1.59. The van der Waals surface area contributed by atoms with Gasteiger partial charge in [0.1, 0.15) is 22.6 Å². The van der Waals surface area contributed by atoms with Gasteiger partial charge in [-0.25, -0.2) is 4.98 Å². The molecule has 1 fully saturated rings. The number of allylic oxidation sites excluding steroid dienone is 1. The first kappa shape index (κ1) is 21.1. The smallest absolute Gasteiger partial charge is 0.134 e.